The largest absolute Gasteiger partial charge is 0.467 e. The number of nitro groups is 1. The number of ether oxygens (including phenoxy) is 1. The zero-order valence-electron chi connectivity index (χ0n) is 12.1. The minimum absolute atomic E-state index is 0.0500. The number of nitrogens with zero attached hydrogens (tertiary/aromatic N) is 2. The zero-order chi connectivity index (χ0) is 15.9. The maximum absolute atomic E-state index is 12.5. The minimum atomic E-state index is -0.500. The first kappa shape index (κ1) is 15.7. The number of carbonyl (C=O) groups excluding carboxylic acids is 1. The molecule has 0 aliphatic rings. The highest BCUT2D eigenvalue weighted by Crippen LogP contribution is 2.15. The van der Waals surface area contributed by atoms with Crippen molar-refractivity contribution in [2.75, 3.05) is 20.3 Å². The van der Waals surface area contributed by atoms with Crippen LogP contribution in [0.2, 0.25) is 0 Å². The Morgan fingerprint density at radius 3 is 2.59 bits per heavy atom. The Morgan fingerprint density at radius 1 is 1.32 bits per heavy atom. The van der Waals surface area contributed by atoms with Crippen LogP contribution in [0.1, 0.15) is 16.1 Å². The maximum atomic E-state index is 12.5. The summed E-state index contributed by atoms with van der Waals surface area (Å²) in [5, 5.41) is 10.7. The molecule has 0 atom stereocenters. The molecule has 2 rings (SSSR count). The summed E-state index contributed by atoms with van der Waals surface area (Å²) in [7, 11) is 1.56. The number of carbonyl (C=O) groups is 1. The van der Waals surface area contributed by atoms with Crippen molar-refractivity contribution in [3.63, 3.8) is 0 Å². The van der Waals surface area contributed by atoms with E-state index in [0.29, 0.717) is 31.0 Å². The van der Waals surface area contributed by atoms with Crippen molar-refractivity contribution in [3.05, 3.63) is 64.1 Å². The minimum Gasteiger partial charge on any atom is -0.467 e. The van der Waals surface area contributed by atoms with E-state index in [4.69, 9.17) is 9.15 Å². The normalized spacial score (nSPS) is 10.4. The first-order valence-corrected chi connectivity index (χ1v) is 6.67. The Bertz CT molecular complexity index is 622. The molecule has 0 fully saturated rings. The van der Waals surface area contributed by atoms with Crippen molar-refractivity contribution in [1.82, 2.24) is 4.90 Å². The van der Waals surface area contributed by atoms with Crippen LogP contribution < -0.4 is 0 Å². The third kappa shape index (κ3) is 3.92. The highest BCUT2D eigenvalue weighted by molar-refractivity contribution is 5.94. The molecule has 1 aromatic carbocycles. The molecule has 0 aliphatic carbocycles. The molecular formula is C15H16N2O5. The first-order valence-electron chi connectivity index (χ1n) is 6.67. The number of rotatable bonds is 7. The summed E-state index contributed by atoms with van der Waals surface area (Å²) in [6, 6.07) is 9.05. The fourth-order valence-corrected chi connectivity index (χ4v) is 1.95. The van der Waals surface area contributed by atoms with Gasteiger partial charge in [0.15, 0.2) is 0 Å². The number of methoxy groups -OCH3 is 1. The van der Waals surface area contributed by atoms with Gasteiger partial charge in [0.2, 0.25) is 0 Å². The lowest BCUT2D eigenvalue weighted by molar-refractivity contribution is -0.384. The Kier molecular flexibility index (Phi) is 5.26. The highest BCUT2D eigenvalue weighted by Gasteiger charge is 2.18. The number of benzene rings is 1. The van der Waals surface area contributed by atoms with Gasteiger partial charge in [-0.15, -0.1) is 0 Å². The molecule has 0 unspecified atom stereocenters. The van der Waals surface area contributed by atoms with Crippen LogP contribution in [0.4, 0.5) is 5.69 Å². The average Bonchev–Trinajstić information content (AvgIpc) is 3.04. The maximum Gasteiger partial charge on any atom is 0.269 e. The molecule has 116 valence electrons. The lowest BCUT2D eigenvalue weighted by atomic mass is 10.1. The number of hydrogen-bond donors (Lipinski definition) is 0. The molecule has 1 heterocycles. The van der Waals surface area contributed by atoms with Gasteiger partial charge in [-0.05, 0) is 24.3 Å². The van der Waals surface area contributed by atoms with E-state index in [1.807, 2.05) is 0 Å². The Hall–Kier alpha value is -2.67. The molecular weight excluding hydrogens is 288 g/mol. The zero-order valence-corrected chi connectivity index (χ0v) is 12.1. The number of amides is 1. The van der Waals surface area contributed by atoms with Crippen molar-refractivity contribution in [2.45, 2.75) is 6.54 Å². The fraction of sp³-hybridized carbons (Fsp3) is 0.267. The molecule has 0 radical (unpaired) electrons. The van der Waals surface area contributed by atoms with Crippen molar-refractivity contribution < 1.29 is 18.9 Å². The van der Waals surface area contributed by atoms with Crippen molar-refractivity contribution in [3.8, 4) is 0 Å². The fourth-order valence-electron chi connectivity index (χ4n) is 1.95. The summed E-state index contributed by atoms with van der Waals surface area (Å²) >= 11 is 0. The van der Waals surface area contributed by atoms with Gasteiger partial charge in [0.25, 0.3) is 11.6 Å². The van der Waals surface area contributed by atoms with Crippen LogP contribution in [-0.2, 0) is 11.3 Å². The third-order valence-corrected chi connectivity index (χ3v) is 3.10. The van der Waals surface area contributed by atoms with Gasteiger partial charge in [0.05, 0.1) is 24.3 Å². The van der Waals surface area contributed by atoms with Crippen LogP contribution in [0.3, 0.4) is 0 Å². The SMILES string of the molecule is COCCN(Cc1ccco1)C(=O)c1ccc([N+](=O)[O-])cc1. The lowest BCUT2D eigenvalue weighted by Crippen LogP contribution is -2.33. The molecule has 7 nitrogen and oxygen atoms in total. The van der Waals surface area contributed by atoms with E-state index in [0.717, 1.165) is 0 Å². The topological polar surface area (TPSA) is 85.8 Å². The molecule has 1 amide bonds. The van der Waals surface area contributed by atoms with Crippen LogP contribution in [0.25, 0.3) is 0 Å². The van der Waals surface area contributed by atoms with Gasteiger partial charge in [-0.25, -0.2) is 0 Å². The van der Waals surface area contributed by atoms with Crippen LogP contribution in [-0.4, -0.2) is 36.0 Å². The van der Waals surface area contributed by atoms with Crippen molar-refractivity contribution >= 4 is 11.6 Å². The average molecular weight is 304 g/mol. The predicted molar refractivity (Wildman–Crippen MR) is 78.4 cm³/mol. The van der Waals surface area contributed by atoms with E-state index in [-0.39, 0.29) is 11.6 Å². The molecule has 0 saturated carbocycles. The Morgan fingerprint density at radius 2 is 2.05 bits per heavy atom. The summed E-state index contributed by atoms with van der Waals surface area (Å²) in [4.78, 5) is 24.2. The Labute approximate surface area is 127 Å². The standard InChI is InChI=1S/C15H16N2O5/c1-21-10-8-16(11-14-3-2-9-22-14)15(18)12-4-6-13(7-5-12)17(19)20/h2-7,9H,8,10-11H2,1H3. The van der Waals surface area contributed by atoms with Crippen LogP contribution in [0.5, 0.6) is 0 Å². The van der Waals surface area contributed by atoms with Gasteiger partial charge in [-0.3, -0.25) is 14.9 Å². The van der Waals surface area contributed by atoms with E-state index in [1.54, 1.807) is 30.4 Å². The molecule has 22 heavy (non-hydrogen) atoms. The number of nitro benzene ring substituents is 1. The summed E-state index contributed by atoms with van der Waals surface area (Å²) in [6.45, 7) is 1.10. The van der Waals surface area contributed by atoms with Gasteiger partial charge < -0.3 is 14.1 Å². The predicted octanol–water partition coefficient (Wildman–Crippen LogP) is 2.48. The third-order valence-electron chi connectivity index (χ3n) is 3.10. The molecule has 1 aromatic heterocycles. The second-order valence-corrected chi connectivity index (χ2v) is 4.60. The van der Waals surface area contributed by atoms with Gasteiger partial charge in [0.1, 0.15) is 5.76 Å². The molecule has 7 heteroatoms. The smallest absolute Gasteiger partial charge is 0.269 e. The van der Waals surface area contributed by atoms with Gasteiger partial charge in [-0.1, -0.05) is 0 Å². The van der Waals surface area contributed by atoms with Crippen LogP contribution >= 0.6 is 0 Å². The van der Waals surface area contributed by atoms with Crippen LogP contribution in [0, 0.1) is 10.1 Å². The summed E-state index contributed by atoms with van der Waals surface area (Å²) in [5.74, 6) is 0.426. The molecule has 0 N–H and O–H groups in total. The van der Waals surface area contributed by atoms with Gasteiger partial charge in [0, 0.05) is 31.4 Å². The molecule has 0 spiro atoms. The van der Waals surface area contributed by atoms with Crippen LogP contribution in [0.15, 0.2) is 47.1 Å². The second-order valence-electron chi connectivity index (χ2n) is 4.60. The van der Waals surface area contributed by atoms with E-state index >= 15 is 0 Å². The van der Waals surface area contributed by atoms with Crippen molar-refractivity contribution in [2.24, 2.45) is 0 Å². The monoisotopic (exact) mass is 304 g/mol. The summed E-state index contributed by atoms with van der Waals surface area (Å²) < 4.78 is 10.3. The number of furan rings is 1. The molecule has 0 bridgehead atoms. The molecule has 0 saturated heterocycles. The number of non-ortho nitro benzene ring substituents is 1. The van der Waals surface area contributed by atoms with E-state index in [9.17, 15) is 14.9 Å². The van der Waals surface area contributed by atoms with Gasteiger partial charge >= 0.3 is 0 Å². The highest BCUT2D eigenvalue weighted by atomic mass is 16.6. The van der Waals surface area contributed by atoms with E-state index in [1.165, 1.54) is 24.3 Å². The summed E-state index contributed by atoms with van der Waals surface area (Å²) in [5.41, 5.74) is 0.333. The molecule has 2 aromatic rings. The van der Waals surface area contributed by atoms with E-state index < -0.39 is 4.92 Å². The first-order chi connectivity index (χ1) is 10.6. The molecule has 0 aliphatic heterocycles. The number of hydrogen-bond acceptors (Lipinski definition) is 5. The quantitative estimate of drug-likeness (QED) is 0.579. The Balaban J connectivity index is 2.14. The summed E-state index contributed by atoms with van der Waals surface area (Å²) in [6.07, 6.45) is 1.54. The lowest BCUT2D eigenvalue weighted by Gasteiger charge is -2.21. The van der Waals surface area contributed by atoms with E-state index in [2.05, 4.69) is 0 Å². The van der Waals surface area contributed by atoms with Crippen molar-refractivity contribution in [1.29, 1.82) is 0 Å². The second kappa shape index (κ2) is 7.37. The van der Waals surface area contributed by atoms with Gasteiger partial charge in [-0.2, -0.15) is 0 Å².